The summed E-state index contributed by atoms with van der Waals surface area (Å²) in [5, 5.41) is 9.56. The number of benzene rings is 2. The number of aromatic nitrogens is 4. The largest absolute Gasteiger partial charge is 0.497 e. The van der Waals surface area contributed by atoms with E-state index < -0.39 is 9.84 Å². The minimum Gasteiger partial charge on any atom is -0.497 e. The number of nitrogens with one attached hydrogen (secondary N) is 1. The molecule has 11 heteroatoms. The monoisotopic (exact) mass is 469 g/mol. The quantitative estimate of drug-likeness (QED) is 0.374. The van der Waals surface area contributed by atoms with E-state index in [0.29, 0.717) is 13.1 Å². The summed E-state index contributed by atoms with van der Waals surface area (Å²) in [6.07, 6.45) is 1.03. The van der Waals surface area contributed by atoms with E-state index in [-0.39, 0.29) is 28.1 Å². The van der Waals surface area contributed by atoms with Crippen molar-refractivity contribution in [2.24, 2.45) is 0 Å². The first-order chi connectivity index (χ1) is 15.8. The van der Waals surface area contributed by atoms with Crippen LogP contribution in [0.2, 0.25) is 0 Å². The number of aromatic amines is 1. The zero-order chi connectivity index (χ0) is 23.6. The second-order valence-corrected chi connectivity index (χ2v) is 9.32. The molecule has 0 fully saturated rings. The SMILES string of the molecule is COc1ccc(CN(Cc2ccc(OC)cc2)c2nc(S(C)(=O)=O)nc3[nH]c(O)nc23)cc1. The fourth-order valence-corrected chi connectivity index (χ4v) is 3.86. The van der Waals surface area contributed by atoms with Crippen LogP contribution in [-0.2, 0) is 22.9 Å². The molecule has 33 heavy (non-hydrogen) atoms. The smallest absolute Gasteiger partial charge is 0.293 e. The molecule has 4 rings (SSSR count). The van der Waals surface area contributed by atoms with Crippen molar-refractivity contribution in [3.05, 3.63) is 59.7 Å². The summed E-state index contributed by atoms with van der Waals surface area (Å²) < 4.78 is 35.0. The minimum atomic E-state index is -3.72. The van der Waals surface area contributed by atoms with E-state index in [1.54, 1.807) is 14.2 Å². The molecule has 0 bridgehead atoms. The van der Waals surface area contributed by atoms with Crippen LogP contribution in [-0.4, -0.2) is 53.9 Å². The lowest BCUT2D eigenvalue weighted by atomic mass is 10.1. The van der Waals surface area contributed by atoms with Crippen molar-refractivity contribution in [3.8, 4) is 17.5 Å². The van der Waals surface area contributed by atoms with Crippen LogP contribution in [0.25, 0.3) is 11.2 Å². The Balaban J connectivity index is 1.82. The Bertz CT molecular complexity index is 1320. The number of anilines is 1. The van der Waals surface area contributed by atoms with Crippen molar-refractivity contribution in [2.45, 2.75) is 18.2 Å². The zero-order valence-corrected chi connectivity index (χ0v) is 19.1. The highest BCUT2D eigenvalue weighted by Gasteiger charge is 2.23. The first-order valence-corrected chi connectivity index (χ1v) is 11.8. The lowest BCUT2D eigenvalue weighted by Gasteiger charge is -2.24. The van der Waals surface area contributed by atoms with Gasteiger partial charge in [0.15, 0.2) is 17.0 Å². The molecular formula is C22H23N5O5S. The Hall–Kier alpha value is -3.86. The van der Waals surface area contributed by atoms with Gasteiger partial charge in [-0.3, -0.25) is 4.98 Å². The average Bonchev–Trinajstić information content (AvgIpc) is 3.18. The molecule has 10 nitrogen and oxygen atoms in total. The summed E-state index contributed by atoms with van der Waals surface area (Å²) in [5.41, 5.74) is 2.28. The van der Waals surface area contributed by atoms with Crippen molar-refractivity contribution < 1.29 is 23.0 Å². The van der Waals surface area contributed by atoms with Gasteiger partial charge in [0, 0.05) is 19.3 Å². The highest BCUT2D eigenvalue weighted by molar-refractivity contribution is 7.90. The maximum absolute atomic E-state index is 12.2. The molecule has 0 unspecified atom stereocenters. The van der Waals surface area contributed by atoms with Crippen LogP contribution in [0, 0.1) is 0 Å². The van der Waals surface area contributed by atoms with Crippen molar-refractivity contribution in [1.29, 1.82) is 0 Å². The molecule has 0 saturated heterocycles. The molecule has 0 aliphatic rings. The van der Waals surface area contributed by atoms with Crippen LogP contribution in [0.5, 0.6) is 17.5 Å². The molecule has 0 spiro atoms. The van der Waals surface area contributed by atoms with Gasteiger partial charge < -0.3 is 19.5 Å². The molecule has 0 radical (unpaired) electrons. The zero-order valence-electron chi connectivity index (χ0n) is 18.3. The second-order valence-electron chi connectivity index (χ2n) is 7.41. The summed E-state index contributed by atoms with van der Waals surface area (Å²) >= 11 is 0. The number of aromatic hydroxyl groups is 1. The van der Waals surface area contributed by atoms with Gasteiger partial charge >= 0.3 is 0 Å². The normalized spacial score (nSPS) is 11.5. The number of ether oxygens (including phenoxy) is 2. The molecule has 0 aliphatic carbocycles. The number of methoxy groups -OCH3 is 2. The lowest BCUT2D eigenvalue weighted by Crippen LogP contribution is -2.24. The third kappa shape index (κ3) is 4.98. The van der Waals surface area contributed by atoms with Crippen LogP contribution in [0.15, 0.2) is 53.7 Å². The van der Waals surface area contributed by atoms with E-state index in [1.165, 1.54) is 0 Å². The number of rotatable bonds is 8. The molecule has 2 aromatic heterocycles. The van der Waals surface area contributed by atoms with Crippen LogP contribution >= 0.6 is 0 Å². The highest BCUT2D eigenvalue weighted by atomic mass is 32.2. The maximum atomic E-state index is 12.2. The average molecular weight is 470 g/mol. The molecule has 2 N–H and O–H groups in total. The number of sulfone groups is 1. The standard InChI is InChI=1S/C22H23N5O5S/c1-31-16-8-4-14(5-9-16)12-27(13-15-6-10-17(32-2)11-7-15)20-18-19(24-21(28)23-18)25-22(26-20)33(3,29)30/h4-11H,12-13H2,1-3H3,(H2,23,24,25,26,28). The highest BCUT2D eigenvalue weighted by Crippen LogP contribution is 2.28. The number of imidazole rings is 1. The Labute approximate surface area is 190 Å². The number of fused-ring (bicyclic) bond motifs is 1. The van der Waals surface area contributed by atoms with Crippen LogP contribution in [0.1, 0.15) is 11.1 Å². The predicted octanol–water partition coefficient (Wildman–Crippen LogP) is 2.69. The molecule has 0 atom stereocenters. The Morgan fingerprint density at radius 1 is 0.879 bits per heavy atom. The van der Waals surface area contributed by atoms with E-state index in [4.69, 9.17) is 9.47 Å². The van der Waals surface area contributed by atoms with E-state index in [1.807, 2.05) is 53.4 Å². The van der Waals surface area contributed by atoms with Gasteiger partial charge in [-0.15, -0.1) is 0 Å². The Morgan fingerprint density at radius 2 is 1.39 bits per heavy atom. The van der Waals surface area contributed by atoms with Gasteiger partial charge in [-0.1, -0.05) is 24.3 Å². The first-order valence-electron chi connectivity index (χ1n) is 9.94. The van der Waals surface area contributed by atoms with Gasteiger partial charge in [0.1, 0.15) is 11.5 Å². The number of hydrogen-bond acceptors (Lipinski definition) is 9. The molecule has 0 amide bonds. The van der Waals surface area contributed by atoms with Gasteiger partial charge in [-0.25, -0.2) is 8.42 Å². The van der Waals surface area contributed by atoms with Gasteiger partial charge in [0.05, 0.1) is 14.2 Å². The number of H-pyrrole nitrogens is 1. The fraction of sp³-hybridized carbons (Fsp3) is 0.227. The summed E-state index contributed by atoms with van der Waals surface area (Å²) in [5.74, 6) is 1.73. The Kier molecular flexibility index (Phi) is 6.05. The van der Waals surface area contributed by atoms with Gasteiger partial charge in [0.25, 0.3) is 11.2 Å². The van der Waals surface area contributed by atoms with Crippen LogP contribution < -0.4 is 14.4 Å². The topological polar surface area (TPSA) is 131 Å². The summed E-state index contributed by atoms with van der Waals surface area (Å²) in [6, 6.07) is 14.7. The lowest BCUT2D eigenvalue weighted by molar-refractivity contribution is 0.414. The number of hydrogen-bond donors (Lipinski definition) is 2. The van der Waals surface area contributed by atoms with Crippen molar-refractivity contribution in [3.63, 3.8) is 0 Å². The van der Waals surface area contributed by atoms with Gasteiger partial charge in [-0.05, 0) is 35.4 Å². The first kappa shape index (κ1) is 22.3. The summed E-state index contributed by atoms with van der Waals surface area (Å²) in [4.78, 5) is 16.9. The number of nitrogens with zero attached hydrogens (tertiary/aromatic N) is 4. The fourth-order valence-electron chi connectivity index (χ4n) is 3.35. The van der Waals surface area contributed by atoms with E-state index in [2.05, 4.69) is 19.9 Å². The molecule has 0 aliphatic heterocycles. The molecule has 172 valence electrons. The predicted molar refractivity (Wildman–Crippen MR) is 122 cm³/mol. The van der Waals surface area contributed by atoms with Gasteiger partial charge in [-0.2, -0.15) is 15.0 Å². The molecule has 2 aromatic carbocycles. The molecule has 0 saturated carbocycles. The molecule has 2 heterocycles. The van der Waals surface area contributed by atoms with E-state index in [9.17, 15) is 13.5 Å². The second kappa shape index (κ2) is 8.94. The van der Waals surface area contributed by atoms with E-state index in [0.717, 1.165) is 28.9 Å². The summed E-state index contributed by atoms with van der Waals surface area (Å²) in [7, 11) is -0.523. The minimum absolute atomic E-state index is 0.132. The van der Waals surface area contributed by atoms with Crippen LogP contribution in [0.3, 0.4) is 0 Å². The van der Waals surface area contributed by atoms with Crippen LogP contribution in [0.4, 0.5) is 5.82 Å². The van der Waals surface area contributed by atoms with Crippen molar-refractivity contribution in [2.75, 3.05) is 25.4 Å². The maximum Gasteiger partial charge on any atom is 0.293 e. The third-order valence-electron chi connectivity index (χ3n) is 4.99. The van der Waals surface area contributed by atoms with Gasteiger partial charge in [0.2, 0.25) is 9.84 Å². The molecule has 4 aromatic rings. The molecular weight excluding hydrogens is 446 g/mol. The van der Waals surface area contributed by atoms with E-state index >= 15 is 0 Å². The summed E-state index contributed by atoms with van der Waals surface area (Å²) in [6.45, 7) is 0.776. The van der Waals surface area contributed by atoms with Crippen molar-refractivity contribution in [1.82, 2.24) is 19.9 Å². The third-order valence-corrected chi connectivity index (χ3v) is 5.84. The van der Waals surface area contributed by atoms with Crippen molar-refractivity contribution >= 4 is 26.8 Å². The Morgan fingerprint density at radius 3 is 1.85 bits per heavy atom.